The minimum atomic E-state index is 0.786. The normalized spacial score (nSPS) is 15.6. The quantitative estimate of drug-likeness (QED) is 0.826. The molecule has 1 aromatic rings. The fourth-order valence-corrected chi connectivity index (χ4v) is 2.92. The van der Waals surface area contributed by atoms with Crippen molar-refractivity contribution in [1.82, 2.24) is 5.32 Å². The lowest BCUT2D eigenvalue weighted by molar-refractivity contribution is 0.687. The van der Waals surface area contributed by atoms with Crippen LogP contribution in [0.15, 0.2) is 27.6 Å². The Bertz CT molecular complexity index is 336. The lowest BCUT2D eigenvalue weighted by Gasteiger charge is -2.07. The molecule has 0 aromatic heterocycles. The van der Waals surface area contributed by atoms with Gasteiger partial charge in [-0.2, -0.15) is 0 Å². The largest absolute Gasteiger partial charge is 0.310 e. The summed E-state index contributed by atoms with van der Waals surface area (Å²) in [5, 5.41) is 3.52. The van der Waals surface area contributed by atoms with Gasteiger partial charge in [-0.3, -0.25) is 0 Å². The lowest BCUT2D eigenvalue weighted by atomic mass is 10.2. The molecule has 1 nitrogen and oxygen atoms in total. The Kier molecular flexibility index (Phi) is 4.12. The first-order chi connectivity index (χ1) is 7.29. The summed E-state index contributed by atoms with van der Waals surface area (Å²) in [6, 6.07) is 7.45. The zero-order valence-corrected chi connectivity index (χ0v) is 11.3. The molecule has 1 fully saturated rings. The van der Waals surface area contributed by atoms with Gasteiger partial charge in [0.15, 0.2) is 0 Å². The molecule has 0 bridgehead atoms. The van der Waals surface area contributed by atoms with Gasteiger partial charge in [-0.25, -0.2) is 0 Å². The third kappa shape index (κ3) is 3.51. The summed E-state index contributed by atoms with van der Waals surface area (Å²) in [5.41, 5.74) is 1.37. The molecule has 0 spiro atoms. The highest BCUT2D eigenvalue weighted by Gasteiger charge is 2.19. The monoisotopic (exact) mass is 285 g/mol. The second-order valence-corrected chi connectivity index (χ2v) is 6.01. The number of nitrogens with one attached hydrogen (secondary N) is 1. The van der Waals surface area contributed by atoms with Gasteiger partial charge in [-0.05, 0) is 52.2 Å². The predicted octanol–water partition coefficient (Wildman–Crippen LogP) is 3.81. The summed E-state index contributed by atoms with van der Waals surface area (Å²) in [7, 11) is 0. The molecule has 82 valence electrons. The SMILES string of the molecule is CCSc1ccc(CNC2CC2)cc1Br. The molecule has 0 atom stereocenters. The molecule has 1 N–H and O–H groups in total. The van der Waals surface area contributed by atoms with Crippen molar-refractivity contribution in [3.8, 4) is 0 Å². The molecular weight excluding hydrogens is 270 g/mol. The van der Waals surface area contributed by atoms with Crippen LogP contribution in [0.2, 0.25) is 0 Å². The number of thioether (sulfide) groups is 1. The van der Waals surface area contributed by atoms with E-state index in [2.05, 4.69) is 46.4 Å². The van der Waals surface area contributed by atoms with E-state index >= 15 is 0 Å². The molecule has 0 unspecified atom stereocenters. The van der Waals surface area contributed by atoms with Crippen molar-refractivity contribution in [2.75, 3.05) is 5.75 Å². The Labute approximate surface area is 104 Å². The molecule has 0 heterocycles. The molecule has 15 heavy (non-hydrogen) atoms. The summed E-state index contributed by atoms with van der Waals surface area (Å²) < 4.78 is 1.23. The topological polar surface area (TPSA) is 12.0 Å². The van der Waals surface area contributed by atoms with E-state index in [1.165, 1.54) is 27.8 Å². The lowest BCUT2D eigenvalue weighted by Crippen LogP contribution is -2.15. The van der Waals surface area contributed by atoms with Crippen molar-refractivity contribution in [3.05, 3.63) is 28.2 Å². The number of hydrogen-bond donors (Lipinski definition) is 1. The zero-order chi connectivity index (χ0) is 10.7. The van der Waals surface area contributed by atoms with Gasteiger partial charge < -0.3 is 5.32 Å². The van der Waals surface area contributed by atoms with Gasteiger partial charge in [0.05, 0.1) is 0 Å². The number of halogens is 1. The first-order valence-corrected chi connectivity index (χ1v) is 7.22. The fraction of sp³-hybridized carbons (Fsp3) is 0.500. The van der Waals surface area contributed by atoms with E-state index in [0.29, 0.717) is 0 Å². The number of rotatable bonds is 5. The first kappa shape index (κ1) is 11.5. The highest BCUT2D eigenvalue weighted by Crippen LogP contribution is 2.28. The van der Waals surface area contributed by atoms with E-state index in [4.69, 9.17) is 0 Å². The summed E-state index contributed by atoms with van der Waals surface area (Å²) >= 11 is 5.50. The summed E-state index contributed by atoms with van der Waals surface area (Å²) in [5.74, 6) is 1.12. The predicted molar refractivity (Wildman–Crippen MR) is 70.4 cm³/mol. The Hall–Kier alpha value is 0.01000. The Morgan fingerprint density at radius 3 is 2.87 bits per heavy atom. The minimum absolute atomic E-state index is 0.786. The molecule has 2 rings (SSSR count). The molecule has 0 saturated heterocycles. The average molecular weight is 286 g/mol. The standard InChI is InChI=1S/C12H16BrNS/c1-2-15-12-6-3-9(7-11(12)13)8-14-10-4-5-10/h3,6-7,10,14H,2,4-5,8H2,1H3. The van der Waals surface area contributed by atoms with E-state index in [0.717, 1.165) is 18.3 Å². The molecule has 1 aromatic carbocycles. The highest BCUT2D eigenvalue weighted by molar-refractivity contribution is 9.10. The maximum absolute atomic E-state index is 3.62. The van der Waals surface area contributed by atoms with E-state index in [1.807, 2.05) is 11.8 Å². The maximum Gasteiger partial charge on any atom is 0.0314 e. The van der Waals surface area contributed by atoms with Crippen molar-refractivity contribution in [2.24, 2.45) is 0 Å². The smallest absolute Gasteiger partial charge is 0.0314 e. The second kappa shape index (κ2) is 5.37. The van der Waals surface area contributed by atoms with Crippen molar-refractivity contribution >= 4 is 27.7 Å². The molecule has 0 aliphatic heterocycles. The molecule has 0 radical (unpaired) electrons. The first-order valence-electron chi connectivity index (χ1n) is 5.44. The fourth-order valence-electron chi connectivity index (χ4n) is 1.48. The van der Waals surface area contributed by atoms with Crippen LogP contribution in [-0.2, 0) is 6.54 Å². The van der Waals surface area contributed by atoms with Crippen molar-refractivity contribution < 1.29 is 0 Å². The Balaban J connectivity index is 1.96. The molecule has 1 saturated carbocycles. The van der Waals surface area contributed by atoms with E-state index in [1.54, 1.807) is 0 Å². The Morgan fingerprint density at radius 1 is 1.47 bits per heavy atom. The van der Waals surface area contributed by atoms with Crippen LogP contribution >= 0.6 is 27.7 Å². The minimum Gasteiger partial charge on any atom is -0.310 e. The highest BCUT2D eigenvalue weighted by atomic mass is 79.9. The molecule has 1 aliphatic rings. The summed E-state index contributed by atoms with van der Waals surface area (Å²) in [4.78, 5) is 1.34. The van der Waals surface area contributed by atoms with Gasteiger partial charge in [0, 0.05) is 22.0 Å². The van der Waals surface area contributed by atoms with Gasteiger partial charge >= 0.3 is 0 Å². The van der Waals surface area contributed by atoms with Crippen molar-refractivity contribution in [1.29, 1.82) is 0 Å². The van der Waals surface area contributed by atoms with Crippen LogP contribution in [0, 0.1) is 0 Å². The van der Waals surface area contributed by atoms with Gasteiger partial charge in [0.25, 0.3) is 0 Å². The third-order valence-corrected chi connectivity index (χ3v) is 4.34. The summed E-state index contributed by atoms with van der Waals surface area (Å²) in [6.07, 6.45) is 2.70. The third-order valence-electron chi connectivity index (χ3n) is 2.47. The maximum atomic E-state index is 3.62. The van der Waals surface area contributed by atoms with Crippen LogP contribution in [0.4, 0.5) is 0 Å². The van der Waals surface area contributed by atoms with Crippen LogP contribution in [0.1, 0.15) is 25.3 Å². The zero-order valence-electron chi connectivity index (χ0n) is 8.92. The number of hydrogen-bond acceptors (Lipinski definition) is 2. The van der Waals surface area contributed by atoms with Gasteiger partial charge in [-0.15, -0.1) is 11.8 Å². The van der Waals surface area contributed by atoms with Gasteiger partial charge in [0.2, 0.25) is 0 Å². The van der Waals surface area contributed by atoms with Gasteiger partial charge in [0.1, 0.15) is 0 Å². The van der Waals surface area contributed by atoms with E-state index in [-0.39, 0.29) is 0 Å². The van der Waals surface area contributed by atoms with Crippen molar-refractivity contribution in [2.45, 2.75) is 37.2 Å². The van der Waals surface area contributed by atoms with E-state index < -0.39 is 0 Å². The molecule has 1 aliphatic carbocycles. The summed E-state index contributed by atoms with van der Waals surface area (Å²) in [6.45, 7) is 3.18. The van der Waals surface area contributed by atoms with Crippen LogP contribution in [0.25, 0.3) is 0 Å². The molecule has 0 amide bonds. The second-order valence-electron chi connectivity index (χ2n) is 3.85. The molecular formula is C12H16BrNS. The Morgan fingerprint density at radius 2 is 2.27 bits per heavy atom. The van der Waals surface area contributed by atoms with Gasteiger partial charge in [-0.1, -0.05) is 13.0 Å². The average Bonchev–Trinajstić information content (AvgIpc) is 3.03. The van der Waals surface area contributed by atoms with Crippen molar-refractivity contribution in [3.63, 3.8) is 0 Å². The molecule has 3 heteroatoms. The van der Waals surface area contributed by atoms with Crippen LogP contribution in [0.5, 0.6) is 0 Å². The van der Waals surface area contributed by atoms with Crippen LogP contribution < -0.4 is 5.32 Å². The van der Waals surface area contributed by atoms with Crippen LogP contribution in [0.3, 0.4) is 0 Å². The van der Waals surface area contributed by atoms with E-state index in [9.17, 15) is 0 Å². The van der Waals surface area contributed by atoms with Crippen LogP contribution in [-0.4, -0.2) is 11.8 Å². The number of benzene rings is 1.